The summed E-state index contributed by atoms with van der Waals surface area (Å²) in [5.41, 5.74) is -1.77. The average molecular weight is 275 g/mol. The maximum Gasteiger partial charge on any atom is 0.407 e. The Kier molecular flexibility index (Phi) is 6.83. The largest absolute Gasteiger partial charge is 0.481 e. The number of ether oxygens (including phenoxy) is 1. The quantitative estimate of drug-likeness (QED) is 0.658. The van der Waals surface area contributed by atoms with Crippen molar-refractivity contribution in [3.63, 3.8) is 0 Å². The number of hydrogen-bond donors (Lipinski definition) is 3. The van der Waals surface area contributed by atoms with Crippen LogP contribution in [0.5, 0.6) is 0 Å². The van der Waals surface area contributed by atoms with Gasteiger partial charge >= 0.3 is 12.1 Å². The number of alkyl carbamates (subject to hydrolysis) is 1. The topological polar surface area (TPSA) is 95.9 Å². The molecule has 0 bridgehead atoms. The fraction of sp³-hybridized carbons (Fsp3) is 0.846. The van der Waals surface area contributed by atoms with E-state index < -0.39 is 23.1 Å². The summed E-state index contributed by atoms with van der Waals surface area (Å²) >= 11 is 0. The molecule has 0 aliphatic carbocycles. The van der Waals surface area contributed by atoms with Gasteiger partial charge in [-0.2, -0.15) is 0 Å². The summed E-state index contributed by atoms with van der Waals surface area (Å²) in [5.74, 6) is -1.01. The second kappa shape index (κ2) is 7.33. The van der Waals surface area contributed by atoms with E-state index in [0.717, 1.165) is 0 Å². The monoisotopic (exact) mass is 275 g/mol. The molecule has 0 fully saturated rings. The Labute approximate surface area is 114 Å². The van der Waals surface area contributed by atoms with Crippen LogP contribution in [0, 0.1) is 5.41 Å². The summed E-state index contributed by atoms with van der Waals surface area (Å²) in [6.07, 6.45) is 0.500. The van der Waals surface area contributed by atoms with Crippen molar-refractivity contribution in [3.05, 3.63) is 0 Å². The third-order valence-electron chi connectivity index (χ3n) is 2.74. The van der Waals surface area contributed by atoms with E-state index in [-0.39, 0.29) is 19.6 Å². The van der Waals surface area contributed by atoms with Crippen molar-refractivity contribution in [3.8, 4) is 0 Å². The molecule has 0 aliphatic heterocycles. The molecular formula is C13H25NO5. The van der Waals surface area contributed by atoms with Gasteiger partial charge in [0.25, 0.3) is 0 Å². The molecule has 0 aromatic heterocycles. The first-order valence-corrected chi connectivity index (χ1v) is 6.48. The number of amides is 1. The second-order valence-electron chi connectivity index (χ2n) is 5.66. The van der Waals surface area contributed by atoms with Crippen molar-refractivity contribution in [1.82, 2.24) is 5.32 Å². The standard InChI is InChI=1S/C13H25NO5/c1-5-6-13(7-8-15,10(16)17)9-14-11(18)19-12(2,3)4/h15H,5-9H2,1-4H3,(H,14,18)(H,16,17). The summed E-state index contributed by atoms with van der Waals surface area (Å²) in [5, 5.41) is 20.8. The highest BCUT2D eigenvalue weighted by Crippen LogP contribution is 2.28. The van der Waals surface area contributed by atoms with Crippen LogP contribution >= 0.6 is 0 Å². The number of aliphatic hydroxyl groups excluding tert-OH is 1. The lowest BCUT2D eigenvalue weighted by molar-refractivity contribution is -0.150. The van der Waals surface area contributed by atoms with E-state index in [1.54, 1.807) is 20.8 Å². The molecule has 0 rings (SSSR count). The molecule has 3 N–H and O–H groups in total. The first kappa shape index (κ1) is 17.7. The maximum atomic E-state index is 11.5. The number of carbonyl (C=O) groups is 2. The summed E-state index contributed by atoms with van der Waals surface area (Å²) < 4.78 is 5.06. The van der Waals surface area contributed by atoms with Crippen LogP contribution in [0.3, 0.4) is 0 Å². The zero-order chi connectivity index (χ0) is 15.1. The van der Waals surface area contributed by atoms with Crippen molar-refractivity contribution in [2.24, 2.45) is 5.41 Å². The average Bonchev–Trinajstić information content (AvgIpc) is 2.23. The molecule has 1 atom stereocenters. The number of aliphatic carboxylic acids is 1. The number of carbonyl (C=O) groups excluding carboxylic acids is 1. The lowest BCUT2D eigenvalue weighted by Crippen LogP contribution is -2.45. The van der Waals surface area contributed by atoms with E-state index in [2.05, 4.69) is 5.32 Å². The van der Waals surface area contributed by atoms with Gasteiger partial charge in [-0.1, -0.05) is 13.3 Å². The smallest absolute Gasteiger partial charge is 0.407 e. The fourth-order valence-electron chi connectivity index (χ4n) is 1.84. The van der Waals surface area contributed by atoms with Gasteiger partial charge in [-0.15, -0.1) is 0 Å². The van der Waals surface area contributed by atoms with Crippen molar-refractivity contribution in [2.45, 2.75) is 52.6 Å². The van der Waals surface area contributed by atoms with Crippen molar-refractivity contribution in [2.75, 3.05) is 13.2 Å². The molecule has 1 amide bonds. The molecule has 0 aromatic rings. The van der Waals surface area contributed by atoms with Crippen LogP contribution in [0.1, 0.15) is 47.0 Å². The zero-order valence-corrected chi connectivity index (χ0v) is 12.2. The number of carboxylic acid groups (broad SMARTS) is 1. The number of aliphatic hydroxyl groups is 1. The normalized spacial score (nSPS) is 14.6. The molecule has 6 nitrogen and oxygen atoms in total. The summed E-state index contributed by atoms with van der Waals surface area (Å²) in [7, 11) is 0. The second-order valence-corrected chi connectivity index (χ2v) is 5.66. The van der Waals surface area contributed by atoms with E-state index in [1.165, 1.54) is 0 Å². The Balaban J connectivity index is 4.65. The number of rotatable bonds is 7. The van der Waals surface area contributed by atoms with Crippen molar-refractivity contribution in [1.29, 1.82) is 0 Å². The molecule has 0 aromatic carbocycles. The van der Waals surface area contributed by atoms with Crippen LogP contribution in [0.25, 0.3) is 0 Å². The third kappa shape index (κ3) is 6.42. The van der Waals surface area contributed by atoms with Crippen LogP contribution < -0.4 is 5.32 Å². The van der Waals surface area contributed by atoms with Crippen LogP contribution in [-0.2, 0) is 9.53 Å². The Hall–Kier alpha value is -1.30. The lowest BCUT2D eigenvalue weighted by Gasteiger charge is -2.29. The van der Waals surface area contributed by atoms with E-state index in [9.17, 15) is 14.7 Å². The van der Waals surface area contributed by atoms with Gasteiger partial charge in [0.2, 0.25) is 0 Å². The molecule has 0 saturated carbocycles. The van der Waals surface area contributed by atoms with Gasteiger partial charge in [0.1, 0.15) is 5.60 Å². The molecular weight excluding hydrogens is 250 g/mol. The van der Waals surface area contributed by atoms with Crippen molar-refractivity contribution >= 4 is 12.1 Å². The van der Waals surface area contributed by atoms with E-state index in [1.807, 2.05) is 6.92 Å². The van der Waals surface area contributed by atoms with Crippen molar-refractivity contribution < 1.29 is 24.5 Å². The van der Waals surface area contributed by atoms with E-state index in [0.29, 0.717) is 12.8 Å². The van der Waals surface area contributed by atoms with Gasteiger partial charge in [-0.05, 0) is 33.6 Å². The molecule has 19 heavy (non-hydrogen) atoms. The Bertz CT molecular complexity index is 303. The molecule has 0 heterocycles. The maximum absolute atomic E-state index is 11.5. The Morgan fingerprint density at radius 2 is 1.79 bits per heavy atom. The number of hydrogen-bond acceptors (Lipinski definition) is 4. The number of nitrogens with one attached hydrogen (secondary N) is 1. The number of carboxylic acids is 1. The van der Waals surface area contributed by atoms with Crippen LogP contribution in [-0.4, -0.2) is 41.0 Å². The van der Waals surface area contributed by atoms with Gasteiger partial charge in [0.15, 0.2) is 0 Å². The van der Waals surface area contributed by atoms with Crippen LogP contribution in [0.4, 0.5) is 4.79 Å². The van der Waals surface area contributed by atoms with E-state index >= 15 is 0 Å². The minimum Gasteiger partial charge on any atom is -0.481 e. The van der Waals surface area contributed by atoms with Gasteiger partial charge in [-0.25, -0.2) is 4.79 Å². The predicted octanol–water partition coefficient (Wildman–Crippen LogP) is 1.76. The predicted molar refractivity (Wildman–Crippen MR) is 70.9 cm³/mol. The highest BCUT2D eigenvalue weighted by molar-refractivity contribution is 5.76. The molecule has 6 heteroatoms. The van der Waals surface area contributed by atoms with E-state index in [4.69, 9.17) is 9.84 Å². The SMILES string of the molecule is CCCC(CCO)(CNC(=O)OC(C)(C)C)C(=O)O. The third-order valence-corrected chi connectivity index (χ3v) is 2.74. The van der Waals surface area contributed by atoms with Gasteiger partial charge < -0.3 is 20.3 Å². The minimum atomic E-state index is -1.14. The molecule has 1 unspecified atom stereocenters. The summed E-state index contributed by atoms with van der Waals surface area (Å²) in [6, 6.07) is 0. The van der Waals surface area contributed by atoms with Gasteiger partial charge in [0.05, 0.1) is 5.41 Å². The molecule has 0 aliphatic rings. The van der Waals surface area contributed by atoms with Crippen LogP contribution in [0.2, 0.25) is 0 Å². The highest BCUT2D eigenvalue weighted by Gasteiger charge is 2.37. The van der Waals surface area contributed by atoms with Gasteiger partial charge in [0, 0.05) is 13.2 Å². The minimum absolute atomic E-state index is 0.0500. The van der Waals surface area contributed by atoms with Crippen LogP contribution in [0.15, 0.2) is 0 Å². The molecule has 112 valence electrons. The molecule has 0 radical (unpaired) electrons. The summed E-state index contributed by atoms with van der Waals surface area (Å²) in [4.78, 5) is 22.9. The van der Waals surface area contributed by atoms with Gasteiger partial charge in [-0.3, -0.25) is 4.79 Å². The first-order chi connectivity index (χ1) is 8.67. The molecule has 0 saturated heterocycles. The zero-order valence-electron chi connectivity index (χ0n) is 12.2. The highest BCUT2D eigenvalue weighted by atomic mass is 16.6. The first-order valence-electron chi connectivity index (χ1n) is 6.48. The summed E-state index contributed by atoms with van der Waals surface area (Å²) in [6.45, 7) is 6.78. The lowest BCUT2D eigenvalue weighted by atomic mass is 9.80. The fourth-order valence-corrected chi connectivity index (χ4v) is 1.84. The molecule has 0 spiro atoms. The Morgan fingerprint density at radius 1 is 1.21 bits per heavy atom. The Morgan fingerprint density at radius 3 is 2.16 bits per heavy atom.